The predicted octanol–water partition coefficient (Wildman–Crippen LogP) is 1.62. The minimum atomic E-state index is -3.65. The summed E-state index contributed by atoms with van der Waals surface area (Å²) in [6.07, 6.45) is 0. The third-order valence-corrected chi connectivity index (χ3v) is 4.07. The molecule has 17 heavy (non-hydrogen) atoms. The number of sulfonamides is 1. The molecule has 1 rings (SSSR count). The number of benzene rings is 1. The Morgan fingerprint density at radius 1 is 1.47 bits per heavy atom. The van der Waals surface area contributed by atoms with Crippen LogP contribution in [0.2, 0.25) is 0 Å². The number of nitro groups is 1. The highest BCUT2D eigenvalue weighted by molar-refractivity contribution is 14.1. The lowest BCUT2D eigenvalue weighted by atomic mass is 10.2. The van der Waals surface area contributed by atoms with Crippen molar-refractivity contribution in [1.29, 1.82) is 0 Å². The average molecular weight is 370 g/mol. The van der Waals surface area contributed by atoms with Gasteiger partial charge in [0.05, 0.1) is 9.82 Å². The quantitative estimate of drug-likeness (QED) is 0.369. The Morgan fingerprint density at radius 2 is 2.12 bits per heavy atom. The SMILES string of the molecule is Cc1ccc(S(=O)(=O)NCCI)cc1[N+](=O)[O-]. The monoisotopic (exact) mass is 370 g/mol. The second-order valence-electron chi connectivity index (χ2n) is 3.29. The molecule has 0 atom stereocenters. The van der Waals surface area contributed by atoms with Gasteiger partial charge in [-0.15, -0.1) is 0 Å². The smallest absolute Gasteiger partial charge is 0.258 e. The Balaban J connectivity index is 3.16. The molecule has 8 heteroatoms. The summed E-state index contributed by atoms with van der Waals surface area (Å²) in [6.45, 7) is 1.86. The molecule has 0 aromatic heterocycles. The minimum Gasteiger partial charge on any atom is -0.258 e. The number of rotatable bonds is 5. The number of hydrogen-bond acceptors (Lipinski definition) is 4. The van der Waals surface area contributed by atoms with Gasteiger partial charge in [-0.05, 0) is 13.0 Å². The van der Waals surface area contributed by atoms with Gasteiger partial charge >= 0.3 is 0 Å². The van der Waals surface area contributed by atoms with Crippen molar-refractivity contribution < 1.29 is 13.3 Å². The van der Waals surface area contributed by atoms with Gasteiger partial charge in [0.25, 0.3) is 5.69 Å². The molecule has 0 saturated heterocycles. The molecule has 0 heterocycles. The fraction of sp³-hybridized carbons (Fsp3) is 0.333. The van der Waals surface area contributed by atoms with Crippen molar-refractivity contribution in [2.45, 2.75) is 11.8 Å². The van der Waals surface area contributed by atoms with Crippen molar-refractivity contribution in [3.63, 3.8) is 0 Å². The zero-order valence-corrected chi connectivity index (χ0v) is 12.0. The summed E-state index contributed by atoms with van der Waals surface area (Å²) in [5.74, 6) is 0. The van der Waals surface area contributed by atoms with Crippen LogP contribution in [0.15, 0.2) is 23.1 Å². The van der Waals surface area contributed by atoms with Crippen molar-refractivity contribution in [2.24, 2.45) is 0 Å². The highest BCUT2D eigenvalue weighted by Crippen LogP contribution is 2.21. The second kappa shape index (κ2) is 5.74. The predicted molar refractivity (Wildman–Crippen MR) is 71.9 cm³/mol. The Morgan fingerprint density at radius 3 is 2.65 bits per heavy atom. The van der Waals surface area contributed by atoms with Crippen LogP contribution in [0, 0.1) is 17.0 Å². The molecular formula is C9H11IN2O4S. The third-order valence-electron chi connectivity index (χ3n) is 2.07. The molecule has 6 nitrogen and oxygen atoms in total. The van der Waals surface area contributed by atoms with Crippen LogP contribution in [0.3, 0.4) is 0 Å². The Hall–Kier alpha value is -0.740. The zero-order valence-electron chi connectivity index (χ0n) is 9.01. The summed E-state index contributed by atoms with van der Waals surface area (Å²) < 4.78 is 26.5. The van der Waals surface area contributed by atoms with Gasteiger partial charge in [-0.25, -0.2) is 13.1 Å². The maximum Gasteiger partial charge on any atom is 0.273 e. The molecule has 0 radical (unpaired) electrons. The van der Waals surface area contributed by atoms with Crippen LogP contribution >= 0.6 is 22.6 Å². The fourth-order valence-electron chi connectivity index (χ4n) is 1.21. The molecule has 0 fully saturated rings. The summed E-state index contributed by atoms with van der Waals surface area (Å²) in [5, 5.41) is 10.7. The summed E-state index contributed by atoms with van der Waals surface area (Å²) >= 11 is 2.03. The number of halogens is 1. The van der Waals surface area contributed by atoms with Crippen LogP contribution in [0.25, 0.3) is 0 Å². The van der Waals surface area contributed by atoms with Gasteiger partial charge in [0.15, 0.2) is 0 Å². The van der Waals surface area contributed by atoms with E-state index in [1.807, 2.05) is 22.6 Å². The lowest BCUT2D eigenvalue weighted by Crippen LogP contribution is -2.25. The van der Waals surface area contributed by atoms with Crippen molar-refractivity contribution in [1.82, 2.24) is 4.72 Å². The van der Waals surface area contributed by atoms with E-state index in [1.54, 1.807) is 6.92 Å². The van der Waals surface area contributed by atoms with E-state index < -0.39 is 14.9 Å². The number of hydrogen-bond donors (Lipinski definition) is 1. The van der Waals surface area contributed by atoms with E-state index in [1.165, 1.54) is 12.1 Å². The van der Waals surface area contributed by atoms with Gasteiger partial charge in [-0.3, -0.25) is 10.1 Å². The Labute approximate surface area is 113 Å². The molecule has 94 valence electrons. The highest BCUT2D eigenvalue weighted by atomic mass is 127. The molecule has 0 spiro atoms. The number of aryl methyl sites for hydroxylation is 1. The number of nitrogens with zero attached hydrogens (tertiary/aromatic N) is 1. The van der Waals surface area contributed by atoms with E-state index in [0.29, 0.717) is 16.5 Å². The first-order valence-electron chi connectivity index (χ1n) is 4.69. The van der Waals surface area contributed by atoms with Gasteiger partial charge in [0, 0.05) is 22.6 Å². The first kappa shape index (κ1) is 14.3. The topological polar surface area (TPSA) is 89.3 Å². The summed E-state index contributed by atoms with van der Waals surface area (Å²) in [5.41, 5.74) is 0.241. The number of nitrogens with one attached hydrogen (secondary N) is 1. The van der Waals surface area contributed by atoms with Crippen LogP contribution in [0.5, 0.6) is 0 Å². The molecule has 0 aliphatic heterocycles. The molecule has 1 aromatic rings. The van der Waals surface area contributed by atoms with Gasteiger partial charge in [0.2, 0.25) is 10.0 Å². The van der Waals surface area contributed by atoms with Gasteiger partial charge in [-0.1, -0.05) is 28.7 Å². The van der Waals surface area contributed by atoms with E-state index >= 15 is 0 Å². The Kier molecular flexibility index (Phi) is 4.83. The average Bonchev–Trinajstić information content (AvgIpc) is 2.26. The summed E-state index contributed by atoms with van der Waals surface area (Å²) in [6, 6.07) is 3.86. The first-order valence-corrected chi connectivity index (χ1v) is 7.70. The number of nitro benzene ring substituents is 1. The van der Waals surface area contributed by atoms with Gasteiger partial charge < -0.3 is 0 Å². The van der Waals surface area contributed by atoms with Crippen LogP contribution in [0.1, 0.15) is 5.56 Å². The minimum absolute atomic E-state index is 0.0837. The molecule has 0 aliphatic rings. The van der Waals surface area contributed by atoms with Crippen molar-refractivity contribution in [3.8, 4) is 0 Å². The Bertz CT molecular complexity index is 530. The molecule has 1 aromatic carbocycles. The van der Waals surface area contributed by atoms with Gasteiger partial charge in [0.1, 0.15) is 0 Å². The second-order valence-corrected chi connectivity index (χ2v) is 6.14. The van der Waals surface area contributed by atoms with Crippen LogP contribution in [-0.4, -0.2) is 24.3 Å². The van der Waals surface area contributed by atoms with Crippen LogP contribution < -0.4 is 4.72 Å². The third kappa shape index (κ3) is 3.61. The van der Waals surface area contributed by atoms with Crippen LogP contribution in [0.4, 0.5) is 5.69 Å². The van der Waals surface area contributed by atoms with E-state index in [2.05, 4.69) is 4.72 Å². The van der Waals surface area contributed by atoms with Crippen molar-refractivity contribution in [3.05, 3.63) is 33.9 Å². The maximum absolute atomic E-state index is 11.7. The van der Waals surface area contributed by atoms with E-state index in [-0.39, 0.29) is 10.6 Å². The highest BCUT2D eigenvalue weighted by Gasteiger charge is 2.18. The normalized spacial score (nSPS) is 11.4. The lowest BCUT2D eigenvalue weighted by Gasteiger charge is -2.05. The van der Waals surface area contributed by atoms with E-state index in [9.17, 15) is 18.5 Å². The number of alkyl halides is 1. The first-order chi connectivity index (χ1) is 7.88. The molecule has 1 N–H and O–H groups in total. The molecular weight excluding hydrogens is 359 g/mol. The van der Waals surface area contributed by atoms with E-state index in [0.717, 1.165) is 6.07 Å². The van der Waals surface area contributed by atoms with Gasteiger partial charge in [-0.2, -0.15) is 0 Å². The van der Waals surface area contributed by atoms with Crippen molar-refractivity contribution in [2.75, 3.05) is 11.0 Å². The molecule has 0 amide bonds. The lowest BCUT2D eigenvalue weighted by molar-refractivity contribution is -0.385. The molecule has 0 saturated carbocycles. The summed E-state index contributed by atoms with van der Waals surface area (Å²) in [4.78, 5) is 10.0. The van der Waals surface area contributed by atoms with Crippen LogP contribution in [-0.2, 0) is 10.0 Å². The fourth-order valence-corrected chi connectivity index (χ4v) is 2.90. The standard InChI is InChI=1S/C9H11IN2O4S/c1-7-2-3-8(6-9(7)12(13)14)17(15,16)11-5-4-10/h2-3,6,11H,4-5H2,1H3. The molecule has 0 unspecified atom stereocenters. The summed E-state index contributed by atoms with van der Waals surface area (Å²) in [7, 11) is -3.65. The van der Waals surface area contributed by atoms with E-state index in [4.69, 9.17) is 0 Å². The molecule has 0 bridgehead atoms. The maximum atomic E-state index is 11.7. The largest absolute Gasteiger partial charge is 0.273 e. The zero-order chi connectivity index (χ0) is 13.1. The van der Waals surface area contributed by atoms with Crippen molar-refractivity contribution >= 4 is 38.3 Å². The molecule has 0 aliphatic carbocycles.